The lowest BCUT2D eigenvalue weighted by atomic mass is 10.2. The van der Waals surface area contributed by atoms with Gasteiger partial charge in [0.25, 0.3) is 5.76 Å². The Morgan fingerprint density at radius 2 is 1.44 bits per heavy atom. The van der Waals surface area contributed by atoms with Crippen molar-refractivity contribution in [2.24, 2.45) is 0 Å². The van der Waals surface area contributed by atoms with Gasteiger partial charge in [0.1, 0.15) is 17.1 Å². The van der Waals surface area contributed by atoms with E-state index in [1.807, 2.05) is 0 Å². The van der Waals surface area contributed by atoms with E-state index in [-0.39, 0.29) is 28.0 Å². The minimum absolute atomic E-state index is 0.132. The highest BCUT2D eigenvalue weighted by Gasteiger charge is 2.40. The van der Waals surface area contributed by atoms with Crippen molar-refractivity contribution in [1.29, 1.82) is 0 Å². The molecule has 0 bridgehead atoms. The second kappa shape index (κ2) is 9.74. The number of benzene rings is 3. The van der Waals surface area contributed by atoms with Gasteiger partial charge in [0.15, 0.2) is 0 Å². The van der Waals surface area contributed by atoms with E-state index in [1.165, 1.54) is 61.7 Å². The van der Waals surface area contributed by atoms with E-state index < -0.39 is 40.6 Å². The van der Waals surface area contributed by atoms with Gasteiger partial charge in [-0.1, -0.05) is 11.6 Å². The summed E-state index contributed by atoms with van der Waals surface area (Å²) in [5, 5.41) is 0.159. The maximum Gasteiger partial charge on any atom is 0.453 e. The van der Waals surface area contributed by atoms with Gasteiger partial charge in [-0.05, 0) is 60.7 Å². The fourth-order valence-electron chi connectivity index (χ4n) is 3.15. The van der Waals surface area contributed by atoms with Crippen molar-refractivity contribution < 1.29 is 41.4 Å². The van der Waals surface area contributed by atoms with E-state index in [0.717, 1.165) is 12.1 Å². The van der Waals surface area contributed by atoms with Crippen LogP contribution in [0.15, 0.2) is 75.9 Å². The lowest BCUT2D eigenvalue weighted by molar-refractivity contribution is -0.154. The number of carbonyl (C=O) groups excluding carboxylic acids is 2. The normalized spacial score (nSPS) is 11.2. The summed E-state index contributed by atoms with van der Waals surface area (Å²) < 4.78 is 61.3. The smallest absolute Gasteiger partial charge is 0.453 e. The highest BCUT2D eigenvalue weighted by molar-refractivity contribution is 6.30. The number of alkyl halides is 3. The SMILES string of the molecule is COC(=O)c1ccc(Oc2c(C(F)(F)F)oc3cc(OC(=O)c4ccc(Cl)cc4)ccc3c2=O)cc1. The first-order valence-electron chi connectivity index (χ1n) is 10.1. The maximum atomic E-state index is 13.8. The number of esters is 2. The number of hydrogen-bond donors (Lipinski definition) is 0. The first kappa shape index (κ1) is 24.8. The molecule has 36 heavy (non-hydrogen) atoms. The van der Waals surface area contributed by atoms with Gasteiger partial charge in [-0.25, -0.2) is 9.59 Å². The monoisotopic (exact) mass is 518 g/mol. The topological polar surface area (TPSA) is 92.0 Å². The molecule has 0 unspecified atom stereocenters. The number of carbonyl (C=O) groups is 2. The highest BCUT2D eigenvalue weighted by Crippen LogP contribution is 2.38. The zero-order valence-electron chi connectivity index (χ0n) is 18.2. The molecule has 7 nitrogen and oxygen atoms in total. The molecule has 11 heteroatoms. The lowest BCUT2D eigenvalue weighted by Crippen LogP contribution is -2.15. The van der Waals surface area contributed by atoms with Gasteiger partial charge in [0.05, 0.1) is 23.6 Å². The average Bonchev–Trinajstić information content (AvgIpc) is 2.85. The van der Waals surface area contributed by atoms with Gasteiger partial charge < -0.3 is 18.6 Å². The molecule has 0 aliphatic carbocycles. The summed E-state index contributed by atoms with van der Waals surface area (Å²) in [4.78, 5) is 36.8. The van der Waals surface area contributed by atoms with Crippen molar-refractivity contribution >= 4 is 34.5 Å². The number of rotatable bonds is 5. The third-order valence-electron chi connectivity index (χ3n) is 4.87. The van der Waals surface area contributed by atoms with Crippen LogP contribution in [-0.4, -0.2) is 19.0 Å². The Balaban J connectivity index is 1.71. The molecule has 0 N–H and O–H groups in total. The minimum Gasteiger partial charge on any atom is -0.465 e. The summed E-state index contributed by atoms with van der Waals surface area (Å²) in [5.41, 5.74) is -1.29. The van der Waals surface area contributed by atoms with Crippen LogP contribution >= 0.6 is 11.6 Å². The Hall–Kier alpha value is -4.31. The summed E-state index contributed by atoms with van der Waals surface area (Å²) in [7, 11) is 1.17. The number of methoxy groups -OCH3 is 1. The summed E-state index contributed by atoms with van der Waals surface area (Å²) in [6.45, 7) is 0. The second-order valence-corrected chi connectivity index (χ2v) is 7.70. The first-order valence-corrected chi connectivity index (χ1v) is 10.5. The molecule has 0 radical (unpaired) electrons. The fraction of sp³-hybridized carbons (Fsp3) is 0.0800. The predicted octanol–water partition coefficient (Wildman–Crippen LogP) is 6.26. The maximum absolute atomic E-state index is 13.8. The summed E-state index contributed by atoms with van der Waals surface area (Å²) >= 11 is 5.78. The second-order valence-electron chi connectivity index (χ2n) is 7.26. The quantitative estimate of drug-likeness (QED) is 0.227. The van der Waals surface area contributed by atoms with Gasteiger partial charge in [0.2, 0.25) is 11.2 Å². The van der Waals surface area contributed by atoms with Gasteiger partial charge in [-0.2, -0.15) is 13.2 Å². The molecule has 1 aromatic heterocycles. The molecular weight excluding hydrogens is 505 g/mol. The van der Waals surface area contributed by atoms with Gasteiger partial charge >= 0.3 is 18.1 Å². The molecule has 0 saturated heterocycles. The van der Waals surface area contributed by atoms with E-state index in [9.17, 15) is 27.6 Å². The largest absolute Gasteiger partial charge is 0.465 e. The van der Waals surface area contributed by atoms with Crippen LogP contribution in [0.25, 0.3) is 11.0 Å². The minimum atomic E-state index is -5.09. The zero-order chi connectivity index (χ0) is 26.0. The van der Waals surface area contributed by atoms with Gasteiger partial charge in [-0.3, -0.25) is 4.79 Å². The molecule has 1 heterocycles. The van der Waals surface area contributed by atoms with Crippen molar-refractivity contribution in [3.63, 3.8) is 0 Å². The Labute approximate surface area is 205 Å². The lowest BCUT2D eigenvalue weighted by Gasteiger charge is -2.14. The molecule has 0 fully saturated rings. The van der Waals surface area contributed by atoms with E-state index in [0.29, 0.717) is 5.02 Å². The molecule has 0 saturated carbocycles. The predicted molar refractivity (Wildman–Crippen MR) is 122 cm³/mol. The van der Waals surface area contributed by atoms with Crippen LogP contribution in [0, 0.1) is 0 Å². The van der Waals surface area contributed by atoms with Crippen molar-refractivity contribution in [3.8, 4) is 17.2 Å². The molecule has 0 atom stereocenters. The van der Waals surface area contributed by atoms with Gasteiger partial charge in [0, 0.05) is 11.1 Å². The summed E-state index contributed by atoms with van der Waals surface area (Å²) in [6, 6.07) is 14.1. The molecule has 0 amide bonds. The van der Waals surface area contributed by atoms with Crippen LogP contribution in [0.1, 0.15) is 26.5 Å². The summed E-state index contributed by atoms with van der Waals surface area (Å²) in [6.07, 6.45) is -5.09. The first-order chi connectivity index (χ1) is 17.1. The highest BCUT2D eigenvalue weighted by atomic mass is 35.5. The number of fused-ring (bicyclic) bond motifs is 1. The molecule has 0 aliphatic heterocycles. The van der Waals surface area contributed by atoms with E-state index in [1.54, 1.807) is 0 Å². The molecule has 0 spiro atoms. The van der Waals surface area contributed by atoms with Crippen LogP contribution in [0.2, 0.25) is 5.02 Å². The standard InChI is InChI=1S/C25H14ClF3O7/c1-33-23(31)13-4-8-16(9-5-13)34-21-20(30)18-11-10-17(12-19(18)36-22(21)25(27,28)29)35-24(32)14-2-6-15(26)7-3-14/h2-12H,1H3. The van der Waals surface area contributed by atoms with E-state index >= 15 is 0 Å². The van der Waals surface area contributed by atoms with Crippen LogP contribution in [0.4, 0.5) is 13.2 Å². The molecule has 184 valence electrons. The molecule has 4 rings (SSSR count). The average molecular weight is 519 g/mol. The van der Waals surface area contributed by atoms with Crippen LogP contribution < -0.4 is 14.9 Å². The third-order valence-corrected chi connectivity index (χ3v) is 5.12. The van der Waals surface area contributed by atoms with Crippen molar-refractivity contribution in [2.75, 3.05) is 7.11 Å². The number of halogens is 4. The summed E-state index contributed by atoms with van der Waals surface area (Å²) in [5.74, 6) is -4.51. The zero-order valence-corrected chi connectivity index (χ0v) is 19.0. The molecule has 3 aromatic carbocycles. The fourth-order valence-corrected chi connectivity index (χ4v) is 3.27. The van der Waals surface area contributed by atoms with Crippen molar-refractivity contribution in [3.05, 3.63) is 98.9 Å². The van der Waals surface area contributed by atoms with Crippen LogP contribution in [-0.2, 0) is 10.9 Å². The Morgan fingerprint density at radius 3 is 2.06 bits per heavy atom. The third kappa shape index (κ3) is 5.18. The van der Waals surface area contributed by atoms with E-state index in [2.05, 4.69) is 4.74 Å². The number of ether oxygens (including phenoxy) is 3. The van der Waals surface area contributed by atoms with E-state index in [4.69, 9.17) is 25.5 Å². The molecule has 4 aromatic rings. The molecular formula is C25H14ClF3O7. The Morgan fingerprint density at radius 1 is 0.861 bits per heavy atom. The Kier molecular flexibility index (Phi) is 6.71. The molecule has 0 aliphatic rings. The van der Waals surface area contributed by atoms with Crippen LogP contribution in [0.5, 0.6) is 17.2 Å². The van der Waals surface area contributed by atoms with Gasteiger partial charge in [-0.15, -0.1) is 0 Å². The van der Waals surface area contributed by atoms with Crippen molar-refractivity contribution in [2.45, 2.75) is 6.18 Å². The van der Waals surface area contributed by atoms with Crippen molar-refractivity contribution in [1.82, 2.24) is 0 Å². The van der Waals surface area contributed by atoms with Crippen LogP contribution in [0.3, 0.4) is 0 Å². The Bertz CT molecular complexity index is 1510. The number of hydrogen-bond acceptors (Lipinski definition) is 7.